The van der Waals surface area contributed by atoms with E-state index < -0.39 is 5.54 Å². The first-order valence-electron chi connectivity index (χ1n) is 7.80. The molecule has 1 aromatic carbocycles. The fourth-order valence-electron chi connectivity index (χ4n) is 3.09. The molecule has 2 atom stereocenters. The minimum Gasteiger partial charge on any atom is -0.334 e. The number of benzene rings is 1. The molecule has 0 aliphatic carbocycles. The van der Waals surface area contributed by atoms with E-state index in [9.17, 15) is 4.79 Å². The van der Waals surface area contributed by atoms with Gasteiger partial charge in [0.05, 0.1) is 11.6 Å². The highest BCUT2D eigenvalue weighted by atomic mass is 79.9. The molecule has 0 bridgehead atoms. The normalized spacial score (nSPS) is 23.0. The molecule has 1 fully saturated rings. The molecule has 0 spiro atoms. The van der Waals surface area contributed by atoms with Gasteiger partial charge >= 0.3 is 0 Å². The van der Waals surface area contributed by atoms with Crippen molar-refractivity contribution < 1.29 is 4.79 Å². The van der Waals surface area contributed by atoms with Crippen LogP contribution in [0.2, 0.25) is 0 Å². The van der Waals surface area contributed by atoms with Gasteiger partial charge in [-0.3, -0.25) is 4.79 Å². The van der Waals surface area contributed by atoms with Crippen LogP contribution in [0.1, 0.15) is 51.6 Å². The minimum atomic E-state index is -0.398. The standard InChI is InChI=1S/C17H25BrN2O/c1-4-12-20(16(21)17(3)10-7-11-19-17)13(2)14-8-5-6-9-15(14)18/h5-6,8-9,13,19H,4,7,10-12H2,1-3H3. The second kappa shape index (κ2) is 6.93. The Morgan fingerprint density at radius 2 is 2.19 bits per heavy atom. The van der Waals surface area contributed by atoms with E-state index in [1.165, 1.54) is 5.56 Å². The maximum absolute atomic E-state index is 13.0. The second-order valence-corrected chi connectivity index (χ2v) is 6.91. The first kappa shape index (κ1) is 16.5. The van der Waals surface area contributed by atoms with E-state index in [2.05, 4.69) is 41.2 Å². The first-order valence-corrected chi connectivity index (χ1v) is 8.59. The predicted molar refractivity (Wildman–Crippen MR) is 90.2 cm³/mol. The van der Waals surface area contributed by atoms with Crippen LogP contribution in [0.15, 0.2) is 28.7 Å². The SMILES string of the molecule is CCCN(C(=O)C1(C)CCCN1)C(C)c1ccccc1Br. The van der Waals surface area contributed by atoms with E-state index in [-0.39, 0.29) is 11.9 Å². The number of carbonyl (C=O) groups is 1. The molecule has 3 nitrogen and oxygen atoms in total. The summed E-state index contributed by atoms with van der Waals surface area (Å²) in [5.74, 6) is 0.227. The minimum absolute atomic E-state index is 0.0762. The third kappa shape index (κ3) is 3.49. The number of nitrogens with one attached hydrogen (secondary N) is 1. The molecule has 2 unspecified atom stereocenters. The lowest BCUT2D eigenvalue weighted by molar-refractivity contribution is -0.139. The summed E-state index contributed by atoms with van der Waals surface area (Å²) in [6, 6.07) is 8.24. The van der Waals surface area contributed by atoms with Gasteiger partial charge in [0.2, 0.25) is 5.91 Å². The number of carbonyl (C=O) groups excluding carboxylic acids is 1. The quantitative estimate of drug-likeness (QED) is 0.871. The van der Waals surface area contributed by atoms with E-state index in [4.69, 9.17) is 0 Å². The largest absolute Gasteiger partial charge is 0.334 e. The Morgan fingerprint density at radius 3 is 2.76 bits per heavy atom. The highest BCUT2D eigenvalue weighted by Gasteiger charge is 2.40. The molecule has 1 aliphatic rings. The summed E-state index contributed by atoms with van der Waals surface area (Å²) < 4.78 is 1.07. The van der Waals surface area contributed by atoms with Gasteiger partial charge in [0, 0.05) is 11.0 Å². The van der Waals surface area contributed by atoms with Gasteiger partial charge in [0.25, 0.3) is 0 Å². The average Bonchev–Trinajstić information content (AvgIpc) is 2.92. The summed E-state index contributed by atoms with van der Waals surface area (Å²) in [5.41, 5.74) is 0.769. The van der Waals surface area contributed by atoms with Crippen LogP contribution in [0.5, 0.6) is 0 Å². The smallest absolute Gasteiger partial charge is 0.243 e. The zero-order valence-corrected chi connectivity index (χ0v) is 14.7. The molecule has 1 aliphatic heterocycles. The predicted octanol–water partition coefficient (Wildman–Crippen LogP) is 3.89. The number of nitrogens with zero attached hydrogens (tertiary/aromatic N) is 1. The number of halogens is 1. The Balaban J connectivity index is 2.26. The fraction of sp³-hybridized carbons (Fsp3) is 0.588. The van der Waals surface area contributed by atoms with Gasteiger partial charge in [-0.15, -0.1) is 0 Å². The molecule has 1 amide bonds. The summed E-state index contributed by atoms with van der Waals surface area (Å²) in [6.07, 6.45) is 2.97. The number of rotatable bonds is 5. The van der Waals surface area contributed by atoms with E-state index in [0.29, 0.717) is 0 Å². The van der Waals surface area contributed by atoms with Crippen molar-refractivity contribution in [1.82, 2.24) is 10.2 Å². The molecule has 116 valence electrons. The van der Waals surface area contributed by atoms with E-state index in [0.717, 1.165) is 36.8 Å². The van der Waals surface area contributed by atoms with Crippen LogP contribution < -0.4 is 5.32 Å². The molecular weight excluding hydrogens is 328 g/mol. The van der Waals surface area contributed by atoms with Crippen molar-refractivity contribution in [2.24, 2.45) is 0 Å². The lowest BCUT2D eigenvalue weighted by Gasteiger charge is -2.36. The van der Waals surface area contributed by atoms with Crippen molar-refractivity contribution >= 4 is 21.8 Å². The van der Waals surface area contributed by atoms with Gasteiger partial charge in [-0.1, -0.05) is 41.1 Å². The fourth-order valence-corrected chi connectivity index (χ4v) is 3.70. The molecule has 0 aromatic heterocycles. The Morgan fingerprint density at radius 1 is 1.48 bits per heavy atom. The van der Waals surface area contributed by atoms with Crippen molar-refractivity contribution in [2.75, 3.05) is 13.1 Å². The molecule has 2 rings (SSSR count). The lowest BCUT2D eigenvalue weighted by Crippen LogP contribution is -2.53. The monoisotopic (exact) mass is 352 g/mol. The first-order chi connectivity index (χ1) is 9.99. The summed E-state index contributed by atoms with van der Waals surface area (Å²) in [7, 11) is 0. The van der Waals surface area contributed by atoms with E-state index >= 15 is 0 Å². The van der Waals surface area contributed by atoms with Crippen LogP contribution in [0.4, 0.5) is 0 Å². The number of amides is 1. The van der Waals surface area contributed by atoms with Crippen molar-refractivity contribution in [3.63, 3.8) is 0 Å². The lowest BCUT2D eigenvalue weighted by atomic mass is 9.96. The molecule has 1 heterocycles. The topological polar surface area (TPSA) is 32.3 Å². The van der Waals surface area contributed by atoms with Crippen LogP contribution in [-0.2, 0) is 4.79 Å². The number of hydrogen-bond donors (Lipinski definition) is 1. The maximum atomic E-state index is 13.0. The highest BCUT2D eigenvalue weighted by molar-refractivity contribution is 9.10. The van der Waals surface area contributed by atoms with Crippen molar-refractivity contribution in [1.29, 1.82) is 0 Å². The Hall–Kier alpha value is -0.870. The molecular formula is C17H25BrN2O. The van der Waals surface area contributed by atoms with Crippen LogP contribution in [0.25, 0.3) is 0 Å². The molecule has 1 N–H and O–H groups in total. The molecule has 21 heavy (non-hydrogen) atoms. The van der Waals surface area contributed by atoms with Gasteiger partial charge in [0.1, 0.15) is 0 Å². The van der Waals surface area contributed by atoms with Gasteiger partial charge in [-0.2, -0.15) is 0 Å². The molecule has 1 aromatic rings. The zero-order valence-electron chi connectivity index (χ0n) is 13.2. The van der Waals surface area contributed by atoms with Gasteiger partial charge in [-0.05, 0) is 51.3 Å². The van der Waals surface area contributed by atoms with Crippen LogP contribution in [0, 0.1) is 0 Å². The van der Waals surface area contributed by atoms with Crippen molar-refractivity contribution in [2.45, 2.75) is 51.6 Å². The third-order valence-electron chi connectivity index (χ3n) is 4.39. The summed E-state index contributed by atoms with van der Waals surface area (Å²) in [4.78, 5) is 15.1. The third-order valence-corrected chi connectivity index (χ3v) is 5.11. The molecule has 0 radical (unpaired) electrons. The maximum Gasteiger partial charge on any atom is 0.243 e. The molecule has 4 heteroatoms. The van der Waals surface area contributed by atoms with Gasteiger partial charge in [-0.25, -0.2) is 0 Å². The van der Waals surface area contributed by atoms with Crippen molar-refractivity contribution in [3.05, 3.63) is 34.3 Å². The Labute approximate surface area is 136 Å². The van der Waals surface area contributed by atoms with Crippen LogP contribution in [0.3, 0.4) is 0 Å². The molecule has 0 saturated carbocycles. The van der Waals surface area contributed by atoms with E-state index in [1.54, 1.807) is 0 Å². The van der Waals surface area contributed by atoms with Crippen LogP contribution >= 0.6 is 15.9 Å². The van der Waals surface area contributed by atoms with Crippen LogP contribution in [-0.4, -0.2) is 29.4 Å². The van der Waals surface area contributed by atoms with E-state index in [1.807, 2.05) is 30.0 Å². The summed E-state index contributed by atoms with van der Waals surface area (Å²) >= 11 is 3.61. The molecule has 1 saturated heterocycles. The summed E-state index contributed by atoms with van der Waals surface area (Å²) in [6.45, 7) is 8.01. The number of hydrogen-bond acceptors (Lipinski definition) is 2. The Bertz CT molecular complexity index is 497. The summed E-state index contributed by atoms with van der Waals surface area (Å²) in [5, 5.41) is 3.39. The van der Waals surface area contributed by atoms with Gasteiger partial charge in [0.15, 0.2) is 0 Å². The zero-order chi connectivity index (χ0) is 15.5. The Kier molecular flexibility index (Phi) is 5.44. The second-order valence-electron chi connectivity index (χ2n) is 6.06. The van der Waals surface area contributed by atoms with Crippen molar-refractivity contribution in [3.8, 4) is 0 Å². The van der Waals surface area contributed by atoms with Gasteiger partial charge < -0.3 is 10.2 Å². The highest BCUT2D eigenvalue weighted by Crippen LogP contribution is 2.31. The average molecular weight is 353 g/mol.